The van der Waals surface area contributed by atoms with Crippen LogP contribution in [0.2, 0.25) is 0 Å². The summed E-state index contributed by atoms with van der Waals surface area (Å²) >= 11 is 5.47. The van der Waals surface area contributed by atoms with Crippen LogP contribution in [0.3, 0.4) is 0 Å². The van der Waals surface area contributed by atoms with Crippen LogP contribution in [0.1, 0.15) is 40.0 Å². The SMILES string of the molecule is CC(C)(C)NC(=O)CCNS(=O)(=O)CCCCCl. The summed E-state index contributed by atoms with van der Waals surface area (Å²) in [5.74, 6) is 0.357. The predicted octanol–water partition coefficient (Wildman–Crippen LogP) is 1.23. The minimum absolute atomic E-state index is 0.0562. The van der Waals surface area contributed by atoms with Crippen LogP contribution in [-0.2, 0) is 14.8 Å². The lowest BCUT2D eigenvalue weighted by Crippen LogP contribution is -2.42. The Hall–Kier alpha value is -0.330. The van der Waals surface area contributed by atoms with E-state index in [-0.39, 0.29) is 30.2 Å². The molecule has 0 saturated heterocycles. The fraction of sp³-hybridized carbons (Fsp3) is 0.909. The lowest BCUT2D eigenvalue weighted by atomic mass is 10.1. The molecule has 0 radical (unpaired) electrons. The maximum atomic E-state index is 11.5. The molecule has 0 atom stereocenters. The van der Waals surface area contributed by atoms with Crippen molar-refractivity contribution in [2.45, 2.75) is 45.6 Å². The molecular formula is C11H23ClN2O3S. The first-order chi connectivity index (χ1) is 8.16. The van der Waals surface area contributed by atoms with E-state index >= 15 is 0 Å². The number of hydrogen-bond acceptors (Lipinski definition) is 3. The van der Waals surface area contributed by atoms with Gasteiger partial charge >= 0.3 is 0 Å². The molecule has 0 rings (SSSR count). The van der Waals surface area contributed by atoms with Gasteiger partial charge in [0.2, 0.25) is 15.9 Å². The Labute approximate surface area is 115 Å². The fourth-order valence-corrected chi connectivity index (χ4v) is 2.59. The average Bonchev–Trinajstić information content (AvgIpc) is 2.14. The van der Waals surface area contributed by atoms with Gasteiger partial charge in [0.05, 0.1) is 5.75 Å². The lowest BCUT2D eigenvalue weighted by molar-refractivity contribution is -0.122. The molecule has 0 heterocycles. The van der Waals surface area contributed by atoms with E-state index in [1.807, 2.05) is 20.8 Å². The molecule has 0 aromatic rings. The molecule has 0 aliphatic carbocycles. The zero-order valence-electron chi connectivity index (χ0n) is 11.3. The number of alkyl halides is 1. The van der Waals surface area contributed by atoms with E-state index in [1.54, 1.807) is 0 Å². The van der Waals surface area contributed by atoms with E-state index in [2.05, 4.69) is 10.0 Å². The number of sulfonamides is 1. The highest BCUT2D eigenvalue weighted by atomic mass is 35.5. The third-order valence-corrected chi connectivity index (χ3v) is 3.72. The summed E-state index contributed by atoms with van der Waals surface area (Å²) in [7, 11) is -3.28. The van der Waals surface area contributed by atoms with Gasteiger partial charge in [-0.1, -0.05) is 0 Å². The Morgan fingerprint density at radius 2 is 1.83 bits per heavy atom. The summed E-state index contributed by atoms with van der Waals surface area (Å²) in [6.07, 6.45) is 1.35. The van der Waals surface area contributed by atoms with Crippen LogP contribution in [0, 0.1) is 0 Å². The summed E-state index contributed by atoms with van der Waals surface area (Å²) in [5.41, 5.74) is -0.295. The van der Waals surface area contributed by atoms with Gasteiger partial charge in [0.25, 0.3) is 0 Å². The monoisotopic (exact) mass is 298 g/mol. The second kappa shape index (κ2) is 7.96. The van der Waals surface area contributed by atoms with Crippen molar-refractivity contribution in [2.24, 2.45) is 0 Å². The standard InChI is InChI=1S/C11H23ClN2O3S/c1-11(2,3)14-10(15)6-8-13-18(16,17)9-5-4-7-12/h13H,4-9H2,1-3H3,(H,14,15). The zero-order chi connectivity index (χ0) is 14.2. The topological polar surface area (TPSA) is 75.3 Å². The van der Waals surface area contributed by atoms with Crippen molar-refractivity contribution >= 4 is 27.5 Å². The van der Waals surface area contributed by atoms with Crippen LogP contribution in [-0.4, -0.2) is 38.0 Å². The number of rotatable bonds is 8. The van der Waals surface area contributed by atoms with E-state index in [0.717, 1.165) is 0 Å². The van der Waals surface area contributed by atoms with Crippen LogP contribution >= 0.6 is 11.6 Å². The second-order valence-electron chi connectivity index (χ2n) is 5.16. The van der Waals surface area contributed by atoms with Crippen molar-refractivity contribution in [3.63, 3.8) is 0 Å². The molecule has 18 heavy (non-hydrogen) atoms. The molecule has 0 spiro atoms. The van der Waals surface area contributed by atoms with Gasteiger partial charge in [0.1, 0.15) is 0 Å². The number of halogens is 1. The summed E-state index contributed by atoms with van der Waals surface area (Å²) in [6.45, 7) is 5.76. The molecule has 0 aliphatic heterocycles. The first-order valence-electron chi connectivity index (χ1n) is 6.00. The van der Waals surface area contributed by atoms with Crippen LogP contribution in [0.15, 0.2) is 0 Å². The number of nitrogens with one attached hydrogen (secondary N) is 2. The van der Waals surface area contributed by atoms with Gasteiger partial charge in [-0.05, 0) is 33.6 Å². The Kier molecular flexibility index (Phi) is 7.82. The quantitative estimate of drug-likeness (QED) is 0.523. The predicted molar refractivity (Wildman–Crippen MR) is 74.3 cm³/mol. The Balaban J connectivity index is 3.86. The first-order valence-corrected chi connectivity index (χ1v) is 8.19. The van der Waals surface area contributed by atoms with Crippen LogP contribution in [0.4, 0.5) is 0 Å². The smallest absolute Gasteiger partial charge is 0.221 e. The Morgan fingerprint density at radius 1 is 1.22 bits per heavy atom. The molecule has 0 aromatic carbocycles. The highest BCUT2D eigenvalue weighted by Gasteiger charge is 2.14. The van der Waals surface area contributed by atoms with Crippen molar-refractivity contribution in [3.05, 3.63) is 0 Å². The maximum Gasteiger partial charge on any atom is 0.221 e. The van der Waals surface area contributed by atoms with Crippen molar-refractivity contribution in [2.75, 3.05) is 18.2 Å². The zero-order valence-corrected chi connectivity index (χ0v) is 12.8. The van der Waals surface area contributed by atoms with Crippen molar-refractivity contribution in [3.8, 4) is 0 Å². The van der Waals surface area contributed by atoms with Crippen molar-refractivity contribution in [1.29, 1.82) is 0 Å². The molecule has 0 fully saturated rings. The van der Waals surface area contributed by atoms with Gasteiger partial charge in [-0.2, -0.15) is 0 Å². The third-order valence-electron chi connectivity index (χ3n) is 1.99. The summed E-state index contributed by atoms with van der Waals surface area (Å²) in [4.78, 5) is 11.4. The molecule has 1 amide bonds. The molecule has 108 valence electrons. The summed E-state index contributed by atoms with van der Waals surface area (Å²) in [6, 6.07) is 0. The number of hydrogen-bond donors (Lipinski definition) is 2. The molecule has 2 N–H and O–H groups in total. The largest absolute Gasteiger partial charge is 0.351 e. The molecule has 5 nitrogen and oxygen atoms in total. The summed E-state index contributed by atoms with van der Waals surface area (Å²) in [5, 5.41) is 2.77. The molecular weight excluding hydrogens is 276 g/mol. The van der Waals surface area contributed by atoms with Gasteiger partial charge < -0.3 is 5.32 Å². The highest BCUT2D eigenvalue weighted by molar-refractivity contribution is 7.89. The molecule has 0 unspecified atom stereocenters. The average molecular weight is 299 g/mol. The molecule has 0 saturated carbocycles. The van der Waals surface area contributed by atoms with Gasteiger partial charge in [0, 0.05) is 24.4 Å². The van der Waals surface area contributed by atoms with Gasteiger partial charge in [-0.25, -0.2) is 13.1 Å². The molecule has 0 aliphatic rings. The third kappa shape index (κ3) is 10.8. The van der Waals surface area contributed by atoms with Gasteiger partial charge in [0.15, 0.2) is 0 Å². The molecule has 7 heteroatoms. The van der Waals surface area contributed by atoms with Crippen LogP contribution in [0.5, 0.6) is 0 Å². The second-order valence-corrected chi connectivity index (χ2v) is 7.46. The number of unbranched alkanes of at least 4 members (excludes halogenated alkanes) is 1. The minimum Gasteiger partial charge on any atom is -0.351 e. The van der Waals surface area contributed by atoms with Crippen molar-refractivity contribution in [1.82, 2.24) is 10.0 Å². The van der Waals surface area contributed by atoms with Gasteiger partial charge in [-0.15, -0.1) is 11.6 Å². The van der Waals surface area contributed by atoms with Crippen LogP contribution < -0.4 is 10.0 Å². The van der Waals surface area contributed by atoms with Gasteiger partial charge in [-0.3, -0.25) is 4.79 Å². The minimum atomic E-state index is -3.28. The number of carbonyl (C=O) groups excluding carboxylic acids is 1. The van der Waals surface area contributed by atoms with E-state index in [9.17, 15) is 13.2 Å². The van der Waals surface area contributed by atoms with E-state index < -0.39 is 10.0 Å². The lowest BCUT2D eigenvalue weighted by Gasteiger charge is -2.20. The van der Waals surface area contributed by atoms with E-state index in [1.165, 1.54) is 0 Å². The van der Waals surface area contributed by atoms with E-state index in [4.69, 9.17) is 11.6 Å². The highest BCUT2D eigenvalue weighted by Crippen LogP contribution is 1.99. The van der Waals surface area contributed by atoms with E-state index in [0.29, 0.717) is 18.7 Å². The molecule has 0 bridgehead atoms. The maximum absolute atomic E-state index is 11.5. The normalized spacial score (nSPS) is 12.4. The molecule has 0 aromatic heterocycles. The van der Waals surface area contributed by atoms with Crippen molar-refractivity contribution < 1.29 is 13.2 Å². The number of carbonyl (C=O) groups is 1. The fourth-order valence-electron chi connectivity index (χ4n) is 1.26. The van der Waals surface area contributed by atoms with Crippen LogP contribution in [0.25, 0.3) is 0 Å². The Morgan fingerprint density at radius 3 is 2.33 bits per heavy atom. The number of amides is 1. The summed E-state index contributed by atoms with van der Waals surface area (Å²) < 4.78 is 25.4. The first kappa shape index (κ1) is 17.7. The Bertz CT molecular complexity index is 350.